The van der Waals surface area contributed by atoms with Crippen LogP contribution in [0.1, 0.15) is 16.4 Å². The van der Waals surface area contributed by atoms with E-state index in [0.717, 1.165) is 22.6 Å². The molecule has 208 valence electrons. The first-order valence-corrected chi connectivity index (χ1v) is 15.0. The highest BCUT2D eigenvalue weighted by atomic mass is 35.5. The first-order valence-electron chi connectivity index (χ1n) is 12.9. The van der Waals surface area contributed by atoms with Crippen LogP contribution >= 0.6 is 34.7 Å². The van der Waals surface area contributed by atoms with Crippen molar-refractivity contribution < 1.29 is 14.4 Å². The number of carbonyl (C=O) groups is 3. The van der Waals surface area contributed by atoms with Gasteiger partial charge in [0, 0.05) is 41.3 Å². The molecule has 3 unspecified atom stereocenters. The van der Waals surface area contributed by atoms with E-state index in [2.05, 4.69) is 5.32 Å². The second-order valence-electron chi connectivity index (χ2n) is 10.1. The molecule has 0 spiro atoms. The summed E-state index contributed by atoms with van der Waals surface area (Å²) < 4.78 is 1.41. The summed E-state index contributed by atoms with van der Waals surface area (Å²) in [5.74, 6) is -2.22. The lowest BCUT2D eigenvalue weighted by atomic mass is 9.83. The molecule has 0 saturated carbocycles. The van der Waals surface area contributed by atoms with E-state index in [-0.39, 0.29) is 29.1 Å². The predicted molar refractivity (Wildman–Crippen MR) is 163 cm³/mol. The van der Waals surface area contributed by atoms with E-state index >= 15 is 0 Å². The van der Waals surface area contributed by atoms with Gasteiger partial charge in [-0.1, -0.05) is 65.0 Å². The van der Waals surface area contributed by atoms with Crippen LogP contribution in [0.2, 0.25) is 5.02 Å². The van der Waals surface area contributed by atoms with E-state index in [4.69, 9.17) is 11.6 Å². The zero-order chi connectivity index (χ0) is 28.8. The number of imide groups is 1. The normalized spacial score (nSPS) is 19.6. The third kappa shape index (κ3) is 4.96. The van der Waals surface area contributed by atoms with Crippen LogP contribution in [-0.4, -0.2) is 41.6 Å². The van der Waals surface area contributed by atoms with Crippen molar-refractivity contribution in [2.24, 2.45) is 5.92 Å². The third-order valence-corrected chi connectivity index (χ3v) is 10.1. The molecule has 2 aliphatic rings. The zero-order valence-corrected chi connectivity index (χ0v) is 24.5. The maximum Gasteiger partial charge on any atom is 0.308 e. The van der Waals surface area contributed by atoms with Crippen molar-refractivity contribution in [2.45, 2.75) is 22.7 Å². The molecule has 3 amide bonds. The van der Waals surface area contributed by atoms with Gasteiger partial charge in [0.05, 0.1) is 16.6 Å². The number of anilines is 3. The highest BCUT2D eigenvalue weighted by Gasteiger charge is 2.56. The fourth-order valence-electron chi connectivity index (χ4n) is 5.30. The lowest BCUT2D eigenvalue weighted by Gasteiger charge is -2.31. The van der Waals surface area contributed by atoms with Crippen molar-refractivity contribution in [3.05, 3.63) is 104 Å². The van der Waals surface area contributed by atoms with Crippen LogP contribution in [0.4, 0.5) is 17.1 Å². The van der Waals surface area contributed by atoms with Crippen molar-refractivity contribution in [3.8, 4) is 0 Å². The molecule has 0 bridgehead atoms. The summed E-state index contributed by atoms with van der Waals surface area (Å²) in [4.78, 5) is 57.7. The van der Waals surface area contributed by atoms with Gasteiger partial charge in [-0.2, -0.15) is 0 Å². The SMILES string of the molecule is CN(C)c1ccc(C2c3sc(=O)n(CC(=O)Nc4ccc(Cl)cc4)c3SC3C(=O)N(c4ccccc4)C(=O)C32)cc1. The molecule has 6 rings (SSSR count). The maximum atomic E-state index is 13.9. The molecule has 0 aliphatic carbocycles. The molecule has 2 aliphatic heterocycles. The first kappa shape index (κ1) is 27.3. The van der Waals surface area contributed by atoms with E-state index in [1.165, 1.54) is 21.2 Å². The number of fused-ring (bicyclic) bond motifs is 2. The van der Waals surface area contributed by atoms with Gasteiger partial charge in [0.15, 0.2) is 0 Å². The van der Waals surface area contributed by atoms with Gasteiger partial charge in [0.1, 0.15) is 11.8 Å². The number of aromatic nitrogens is 1. The quantitative estimate of drug-likeness (QED) is 0.309. The Kier molecular flexibility index (Phi) is 7.23. The largest absolute Gasteiger partial charge is 0.378 e. The number of nitrogens with one attached hydrogen (secondary N) is 1. The number of thioether (sulfide) groups is 1. The van der Waals surface area contributed by atoms with E-state index in [9.17, 15) is 19.2 Å². The molecule has 1 aromatic heterocycles. The number of hydrogen-bond donors (Lipinski definition) is 1. The Balaban J connectivity index is 1.41. The zero-order valence-electron chi connectivity index (χ0n) is 22.1. The molecule has 0 radical (unpaired) electrons. The van der Waals surface area contributed by atoms with Crippen LogP contribution in [0.25, 0.3) is 0 Å². The van der Waals surface area contributed by atoms with Gasteiger partial charge in [-0.3, -0.25) is 23.7 Å². The summed E-state index contributed by atoms with van der Waals surface area (Å²) in [5, 5.41) is 3.14. The van der Waals surface area contributed by atoms with Crippen LogP contribution in [0, 0.1) is 5.92 Å². The number of halogens is 1. The molecule has 1 N–H and O–H groups in total. The monoisotopic (exact) mass is 604 g/mol. The lowest BCUT2D eigenvalue weighted by Crippen LogP contribution is -2.33. The van der Waals surface area contributed by atoms with Crippen LogP contribution in [0.15, 0.2) is 88.7 Å². The Hall–Kier alpha value is -3.86. The maximum absolute atomic E-state index is 13.9. The lowest BCUT2D eigenvalue weighted by molar-refractivity contribution is -0.122. The van der Waals surface area contributed by atoms with Crippen LogP contribution in [0.5, 0.6) is 0 Å². The minimum atomic E-state index is -0.742. The standard InChI is InChI=1S/C30H25ClN4O4S2/c1-33(2)20-14-8-17(9-15-20)23-24-25(28(38)35(27(24)37)21-6-4-3-5-7-21)40-29-26(23)41-30(39)34(29)16-22(36)32-19-12-10-18(31)11-13-19/h3-15,23-25H,16H2,1-2H3,(H,32,36). The fourth-order valence-corrected chi connectivity index (χ4v) is 8.20. The second kappa shape index (κ2) is 10.8. The smallest absolute Gasteiger partial charge is 0.308 e. The first-order chi connectivity index (χ1) is 19.7. The average Bonchev–Trinajstić information content (AvgIpc) is 3.41. The molecular formula is C30H25ClN4O4S2. The molecule has 3 atom stereocenters. The topological polar surface area (TPSA) is 91.7 Å². The van der Waals surface area contributed by atoms with Crippen LogP contribution in [-0.2, 0) is 20.9 Å². The van der Waals surface area contributed by atoms with Crippen molar-refractivity contribution in [2.75, 3.05) is 29.2 Å². The number of para-hydroxylation sites is 1. The highest BCUT2D eigenvalue weighted by Crippen LogP contribution is 2.54. The van der Waals surface area contributed by atoms with Gasteiger partial charge in [-0.25, -0.2) is 4.90 Å². The Morgan fingerprint density at radius 2 is 1.61 bits per heavy atom. The van der Waals surface area contributed by atoms with Gasteiger partial charge >= 0.3 is 4.87 Å². The van der Waals surface area contributed by atoms with Gasteiger partial charge in [0.2, 0.25) is 17.7 Å². The molecule has 8 nitrogen and oxygen atoms in total. The summed E-state index contributed by atoms with van der Waals surface area (Å²) in [6.07, 6.45) is 0. The van der Waals surface area contributed by atoms with Gasteiger partial charge in [0.25, 0.3) is 0 Å². The Morgan fingerprint density at radius 3 is 2.27 bits per heavy atom. The third-order valence-electron chi connectivity index (χ3n) is 7.26. The Bertz CT molecular complexity index is 1700. The molecule has 1 saturated heterocycles. The molecule has 41 heavy (non-hydrogen) atoms. The predicted octanol–water partition coefficient (Wildman–Crippen LogP) is 5.06. The van der Waals surface area contributed by atoms with E-state index in [1.54, 1.807) is 48.5 Å². The number of benzene rings is 3. The number of rotatable bonds is 6. The van der Waals surface area contributed by atoms with Gasteiger partial charge in [-0.15, -0.1) is 0 Å². The van der Waals surface area contributed by atoms with Crippen molar-refractivity contribution in [1.82, 2.24) is 4.57 Å². The summed E-state index contributed by atoms with van der Waals surface area (Å²) in [6.45, 7) is -0.228. The Morgan fingerprint density at radius 1 is 0.927 bits per heavy atom. The van der Waals surface area contributed by atoms with E-state index in [0.29, 0.717) is 26.3 Å². The number of amides is 3. The summed E-state index contributed by atoms with van der Waals surface area (Å²) in [7, 11) is 3.89. The average molecular weight is 605 g/mol. The number of nitrogens with zero attached hydrogens (tertiary/aromatic N) is 3. The van der Waals surface area contributed by atoms with Crippen LogP contribution < -0.4 is 20.0 Å². The minimum Gasteiger partial charge on any atom is -0.378 e. The molecular weight excluding hydrogens is 580 g/mol. The summed E-state index contributed by atoms with van der Waals surface area (Å²) in [6, 6.07) is 23.4. The molecule has 11 heteroatoms. The fraction of sp³-hybridized carbons (Fsp3) is 0.200. The molecule has 3 aromatic carbocycles. The second-order valence-corrected chi connectivity index (χ2v) is 12.6. The van der Waals surface area contributed by atoms with Gasteiger partial charge < -0.3 is 10.2 Å². The highest BCUT2D eigenvalue weighted by molar-refractivity contribution is 8.00. The van der Waals surface area contributed by atoms with E-state index in [1.807, 2.05) is 49.3 Å². The van der Waals surface area contributed by atoms with Crippen molar-refractivity contribution in [1.29, 1.82) is 0 Å². The van der Waals surface area contributed by atoms with Crippen LogP contribution in [0.3, 0.4) is 0 Å². The van der Waals surface area contributed by atoms with E-state index < -0.39 is 17.1 Å². The summed E-state index contributed by atoms with van der Waals surface area (Å²) in [5.41, 5.74) is 2.89. The molecule has 4 aromatic rings. The molecule has 3 heterocycles. The number of thiazole rings is 1. The number of carbonyl (C=O) groups excluding carboxylic acids is 3. The van der Waals surface area contributed by atoms with Crippen molar-refractivity contribution in [3.63, 3.8) is 0 Å². The summed E-state index contributed by atoms with van der Waals surface area (Å²) >= 11 is 8.17. The Labute approximate surface area is 249 Å². The number of hydrogen-bond acceptors (Lipinski definition) is 7. The van der Waals surface area contributed by atoms with Gasteiger partial charge in [-0.05, 0) is 54.1 Å². The minimum absolute atomic E-state index is 0.228. The van der Waals surface area contributed by atoms with Crippen molar-refractivity contribution >= 4 is 69.5 Å². The molecule has 1 fully saturated rings.